The summed E-state index contributed by atoms with van der Waals surface area (Å²) in [5.74, 6) is 0. The third-order valence-corrected chi connectivity index (χ3v) is 2.43. The molecule has 0 aromatic heterocycles. The van der Waals surface area contributed by atoms with Crippen molar-refractivity contribution in [1.29, 1.82) is 0 Å². The minimum Gasteiger partial charge on any atom is -0.289 e. The summed E-state index contributed by atoms with van der Waals surface area (Å²) in [4.78, 5) is -0.836. The quantitative estimate of drug-likeness (QED) is 0.429. The first-order valence-corrected chi connectivity index (χ1v) is 4.27. The molecule has 12 heavy (non-hydrogen) atoms. The Morgan fingerprint density at radius 3 is 3.08 bits per heavy atom. The van der Waals surface area contributed by atoms with Crippen LogP contribution in [-0.4, -0.2) is 17.0 Å². The number of hydrogen-bond acceptors (Lipinski definition) is 3. The van der Waals surface area contributed by atoms with Crippen molar-refractivity contribution in [2.75, 3.05) is 6.54 Å². The molecule has 0 spiro atoms. The summed E-state index contributed by atoms with van der Waals surface area (Å²) in [6, 6.07) is 0. The van der Waals surface area contributed by atoms with Gasteiger partial charge >= 0.3 is 0 Å². The van der Waals surface area contributed by atoms with Crippen LogP contribution in [0.2, 0.25) is 0 Å². The number of hydrogen-bond donors (Lipinski definition) is 1. The molecule has 0 saturated carbocycles. The molecule has 0 amide bonds. The van der Waals surface area contributed by atoms with Gasteiger partial charge < -0.3 is 0 Å². The molecule has 2 unspecified atom stereocenters. The molecule has 2 atom stereocenters. The third kappa shape index (κ3) is 2.06. The predicted octanol–water partition coefficient (Wildman–Crippen LogP) is 2.24. The van der Waals surface area contributed by atoms with Crippen LogP contribution in [0.1, 0.15) is 0 Å². The van der Waals surface area contributed by atoms with E-state index < -0.39 is 10.5 Å². The molecule has 1 heterocycles. The van der Waals surface area contributed by atoms with Gasteiger partial charge in [-0.25, -0.2) is 0 Å². The molecule has 0 aliphatic carbocycles. The van der Waals surface area contributed by atoms with Crippen molar-refractivity contribution in [1.82, 2.24) is 5.32 Å². The zero-order valence-electron chi connectivity index (χ0n) is 6.37. The molecule has 5 heteroatoms. The molecule has 1 aliphatic rings. The van der Waals surface area contributed by atoms with Crippen LogP contribution in [0.5, 0.6) is 0 Å². The lowest BCUT2D eigenvalue weighted by atomic mass is 10.2. The molecule has 0 aromatic rings. The predicted molar refractivity (Wildman–Crippen MR) is 50.4 cm³/mol. The Bertz CT molecular complexity index is 227. The second-order valence-electron chi connectivity index (χ2n) is 2.32. The monoisotopic (exact) mass is 205 g/mol. The van der Waals surface area contributed by atoms with Crippen molar-refractivity contribution in [2.24, 2.45) is 10.2 Å². The maximum Gasteiger partial charge on any atom is 0.180 e. The van der Waals surface area contributed by atoms with E-state index in [0.29, 0.717) is 6.54 Å². The Morgan fingerprint density at radius 2 is 2.50 bits per heavy atom. The van der Waals surface area contributed by atoms with Crippen molar-refractivity contribution in [2.45, 2.75) is 10.5 Å². The van der Waals surface area contributed by atoms with Gasteiger partial charge in [0.05, 0.1) is 0 Å². The van der Waals surface area contributed by atoms with Gasteiger partial charge in [0.1, 0.15) is 0 Å². The van der Waals surface area contributed by atoms with Crippen molar-refractivity contribution < 1.29 is 0 Å². The van der Waals surface area contributed by atoms with Crippen LogP contribution >= 0.6 is 23.2 Å². The van der Waals surface area contributed by atoms with Crippen LogP contribution in [0.25, 0.3) is 0 Å². The summed E-state index contributed by atoms with van der Waals surface area (Å²) in [6.45, 7) is 4.13. The summed E-state index contributed by atoms with van der Waals surface area (Å²) in [5, 5.41) is 10.3. The van der Waals surface area contributed by atoms with Crippen molar-refractivity contribution in [3.63, 3.8) is 0 Å². The molecule has 1 rings (SSSR count). The van der Waals surface area contributed by atoms with E-state index in [-0.39, 0.29) is 0 Å². The molecular weight excluding hydrogens is 197 g/mol. The second kappa shape index (κ2) is 4.03. The fourth-order valence-electron chi connectivity index (χ4n) is 0.774. The molecule has 1 aliphatic heterocycles. The molecule has 0 aromatic carbocycles. The average molecular weight is 206 g/mol. The smallest absolute Gasteiger partial charge is 0.180 e. The second-order valence-corrected chi connectivity index (χ2v) is 3.36. The summed E-state index contributed by atoms with van der Waals surface area (Å²) in [7, 11) is 0. The first kappa shape index (κ1) is 9.71. The lowest BCUT2D eigenvalue weighted by Crippen LogP contribution is -2.45. The lowest BCUT2D eigenvalue weighted by Gasteiger charge is -2.27. The topological polar surface area (TPSA) is 36.8 Å². The first-order valence-electron chi connectivity index (χ1n) is 3.45. The third-order valence-electron chi connectivity index (χ3n) is 1.42. The Morgan fingerprint density at radius 1 is 1.75 bits per heavy atom. The number of alkyl halides is 2. The van der Waals surface area contributed by atoms with Gasteiger partial charge in [-0.1, -0.05) is 29.3 Å². The highest BCUT2D eigenvalue weighted by Gasteiger charge is 2.34. The van der Waals surface area contributed by atoms with E-state index in [2.05, 4.69) is 22.1 Å². The van der Waals surface area contributed by atoms with Gasteiger partial charge in [0, 0.05) is 12.7 Å². The van der Waals surface area contributed by atoms with Crippen molar-refractivity contribution >= 4 is 23.2 Å². The average Bonchev–Trinajstić information content (AvgIpc) is 2.07. The highest BCUT2D eigenvalue weighted by Crippen LogP contribution is 2.27. The Hall–Kier alpha value is -0.380. The van der Waals surface area contributed by atoms with E-state index in [1.165, 1.54) is 6.20 Å². The standard InChI is InChI=1S/C7H9Cl2N3/c1-2-4-10-7(9)3-5-11-12-6(7)8/h2-3,5-6,10H,1,4H2. The first-order chi connectivity index (χ1) is 5.69. The number of nitrogens with zero attached hydrogens (tertiary/aromatic N) is 2. The van der Waals surface area contributed by atoms with Gasteiger partial charge in [-0.15, -0.1) is 6.58 Å². The van der Waals surface area contributed by atoms with E-state index >= 15 is 0 Å². The van der Waals surface area contributed by atoms with Gasteiger partial charge in [-0.05, 0) is 6.08 Å². The van der Waals surface area contributed by atoms with Crippen molar-refractivity contribution in [3.05, 3.63) is 24.9 Å². The SMILES string of the molecule is C=CCNC1(Cl)C=CN=NC1Cl. The van der Waals surface area contributed by atoms with E-state index in [1.54, 1.807) is 12.2 Å². The van der Waals surface area contributed by atoms with Crippen LogP contribution in [-0.2, 0) is 0 Å². The zero-order valence-corrected chi connectivity index (χ0v) is 7.89. The van der Waals surface area contributed by atoms with Gasteiger partial charge in [0.15, 0.2) is 10.5 Å². The fourth-order valence-corrected chi connectivity index (χ4v) is 1.15. The molecule has 1 N–H and O–H groups in total. The number of halogens is 2. The molecule has 0 bridgehead atoms. The summed E-state index contributed by atoms with van der Waals surface area (Å²) in [6.07, 6.45) is 4.89. The highest BCUT2D eigenvalue weighted by molar-refractivity contribution is 6.33. The van der Waals surface area contributed by atoms with Crippen LogP contribution in [0.15, 0.2) is 35.2 Å². The fraction of sp³-hybridized carbons (Fsp3) is 0.429. The van der Waals surface area contributed by atoms with E-state index in [0.717, 1.165) is 0 Å². The van der Waals surface area contributed by atoms with Gasteiger partial charge in [-0.3, -0.25) is 5.32 Å². The summed E-state index contributed by atoms with van der Waals surface area (Å²) >= 11 is 11.9. The largest absolute Gasteiger partial charge is 0.289 e. The number of azo groups is 1. The molecular formula is C7H9Cl2N3. The zero-order chi connectivity index (χ0) is 9.03. The highest BCUT2D eigenvalue weighted by atomic mass is 35.5. The maximum absolute atomic E-state index is 6.07. The van der Waals surface area contributed by atoms with Gasteiger partial charge in [-0.2, -0.15) is 10.2 Å². The molecule has 3 nitrogen and oxygen atoms in total. The minimum atomic E-state index is -0.836. The summed E-state index contributed by atoms with van der Waals surface area (Å²) < 4.78 is 0. The van der Waals surface area contributed by atoms with Crippen molar-refractivity contribution in [3.8, 4) is 0 Å². The Labute approximate surface area is 81.1 Å². The summed E-state index contributed by atoms with van der Waals surface area (Å²) in [5.41, 5.74) is -0.580. The number of nitrogens with one attached hydrogen (secondary N) is 1. The minimum absolute atomic E-state index is 0.576. The van der Waals surface area contributed by atoms with E-state index in [9.17, 15) is 0 Å². The molecule has 0 saturated heterocycles. The van der Waals surface area contributed by atoms with E-state index in [1.807, 2.05) is 0 Å². The number of rotatable bonds is 3. The van der Waals surface area contributed by atoms with Crippen LogP contribution in [0.3, 0.4) is 0 Å². The van der Waals surface area contributed by atoms with Gasteiger partial charge in [0.2, 0.25) is 0 Å². The van der Waals surface area contributed by atoms with Crippen LogP contribution in [0.4, 0.5) is 0 Å². The van der Waals surface area contributed by atoms with E-state index in [4.69, 9.17) is 23.2 Å². The van der Waals surface area contributed by atoms with Crippen LogP contribution in [0, 0.1) is 0 Å². The molecule has 0 fully saturated rings. The maximum atomic E-state index is 6.07. The van der Waals surface area contributed by atoms with Gasteiger partial charge in [0.25, 0.3) is 0 Å². The van der Waals surface area contributed by atoms with Crippen LogP contribution < -0.4 is 5.32 Å². The Balaban J connectivity index is 2.62. The molecule has 0 radical (unpaired) electrons. The normalized spacial score (nSPS) is 33.7. The molecule has 66 valence electrons. The lowest BCUT2D eigenvalue weighted by molar-refractivity contribution is 0.527. The Kier molecular flexibility index (Phi) is 3.26.